The number of thioether (sulfide) groups is 1. The lowest BCUT2D eigenvalue weighted by Gasteiger charge is -2.31. The number of sulfonamides is 1. The third-order valence-corrected chi connectivity index (χ3v) is 9.01. The maximum atomic E-state index is 13.7. The monoisotopic (exact) mass is 530 g/mol. The zero-order valence-corrected chi connectivity index (χ0v) is 22.4. The van der Waals surface area contributed by atoms with Crippen molar-refractivity contribution in [1.82, 2.24) is 9.97 Å². The Hall–Kier alpha value is -3.69. The first-order chi connectivity index (χ1) is 17.7. The second-order valence-electron chi connectivity index (χ2n) is 8.96. The Balaban J connectivity index is 1.40. The number of carbonyl (C=O) groups excluding carboxylic acids is 1. The van der Waals surface area contributed by atoms with E-state index in [0.717, 1.165) is 27.9 Å². The number of hydrogen-bond donors (Lipinski definition) is 1. The molecule has 5 rings (SSSR count). The molecule has 1 amide bonds. The van der Waals surface area contributed by atoms with E-state index in [1.165, 1.54) is 22.3 Å². The zero-order valence-electron chi connectivity index (χ0n) is 20.7. The van der Waals surface area contributed by atoms with Crippen LogP contribution >= 0.6 is 11.8 Å². The van der Waals surface area contributed by atoms with Gasteiger partial charge >= 0.3 is 0 Å². The summed E-state index contributed by atoms with van der Waals surface area (Å²) < 4.78 is 28.7. The molecule has 2 heterocycles. The number of anilines is 2. The van der Waals surface area contributed by atoms with Crippen LogP contribution < -0.4 is 9.62 Å². The Bertz CT molecular complexity index is 1600. The molecule has 4 aromatic rings. The van der Waals surface area contributed by atoms with Crippen LogP contribution in [-0.2, 0) is 21.4 Å². The Morgan fingerprint density at radius 3 is 2.51 bits per heavy atom. The largest absolute Gasteiger partial charge is 0.325 e. The first kappa shape index (κ1) is 25.0. The molecule has 1 aliphatic rings. The van der Waals surface area contributed by atoms with Crippen molar-refractivity contribution in [2.45, 2.75) is 37.4 Å². The molecule has 1 aromatic heterocycles. The van der Waals surface area contributed by atoms with Crippen LogP contribution in [0.2, 0.25) is 0 Å². The number of rotatable bonds is 6. The van der Waals surface area contributed by atoms with Crippen LogP contribution in [0.3, 0.4) is 0 Å². The van der Waals surface area contributed by atoms with E-state index < -0.39 is 10.0 Å². The van der Waals surface area contributed by atoms with Crippen molar-refractivity contribution in [3.63, 3.8) is 0 Å². The molecule has 0 saturated heterocycles. The molecule has 0 unspecified atom stereocenters. The fourth-order valence-corrected chi connectivity index (χ4v) is 6.35. The molecular formula is C28H26N4O3S2. The molecule has 1 N–H and O–H groups in total. The van der Waals surface area contributed by atoms with E-state index in [0.29, 0.717) is 22.1 Å². The number of nitrogens with zero attached hydrogens (tertiary/aromatic N) is 3. The van der Waals surface area contributed by atoms with Gasteiger partial charge in [-0.25, -0.2) is 18.4 Å². The van der Waals surface area contributed by atoms with E-state index in [4.69, 9.17) is 0 Å². The Morgan fingerprint density at radius 1 is 0.973 bits per heavy atom. The number of aryl methyl sites for hydroxylation is 2. The Labute approximate surface area is 221 Å². The molecule has 7 nitrogen and oxygen atoms in total. The van der Waals surface area contributed by atoms with Gasteiger partial charge in [-0.15, -0.1) is 0 Å². The van der Waals surface area contributed by atoms with Gasteiger partial charge in [0.2, 0.25) is 5.91 Å². The van der Waals surface area contributed by atoms with Gasteiger partial charge < -0.3 is 5.32 Å². The number of carbonyl (C=O) groups is 1. The van der Waals surface area contributed by atoms with Crippen LogP contribution in [-0.4, -0.2) is 30.0 Å². The number of fused-ring (bicyclic) bond motifs is 3. The van der Waals surface area contributed by atoms with Crippen LogP contribution in [0.25, 0.3) is 11.3 Å². The van der Waals surface area contributed by atoms with Crippen molar-refractivity contribution in [2.24, 2.45) is 0 Å². The second-order valence-corrected chi connectivity index (χ2v) is 11.7. The number of hydrogen-bond acceptors (Lipinski definition) is 6. The van der Waals surface area contributed by atoms with Gasteiger partial charge in [0.1, 0.15) is 4.90 Å². The van der Waals surface area contributed by atoms with Gasteiger partial charge in [-0.1, -0.05) is 71.9 Å². The normalized spacial score (nSPS) is 13.5. The summed E-state index contributed by atoms with van der Waals surface area (Å²) in [6, 6.07) is 20.9. The highest BCUT2D eigenvalue weighted by Gasteiger charge is 2.36. The quantitative estimate of drug-likeness (QED) is 0.261. The number of benzene rings is 3. The molecule has 0 fully saturated rings. The lowest BCUT2D eigenvalue weighted by atomic mass is 10.1. The molecule has 3 aromatic carbocycles. The molecule has 9 heteroatoms. The summed E-state index contributed by atoms with van der Waals surface area (Å²) in [7, 11) is -3.88. The van der Waals surface area contributed by atoms with Gasteiger partial charge in [-0.2, -0.15) is 0 Å². The highest BCUT2D eigenvalue weighted by Crippen LogP contribution is 2.42. The predicted octanol–water partition coefficient (Wildman–Crippen LogP) is 5.51. The van der Waals surface area contributed by atoms with Gasteiger partial charge in [0.15, 0.2) is 5.16 Å². The van der Waals surface area contributed by atoms with Crippen molar-refractivity contribution < 1.29 is 13.2 Å². The topological polar surface area (TPSA) is 92.3 Å². The van der Waals surface area contributed by atoms with E-state index in [-0.39, 0.29) is 23.1 Å². The molecule has 0 spiro atoms. The second kappa shape index (κ2) is 9.99. The average Bonchev–Trinajstić information content (AvgIpc) is 2.89. The van der Waals surface area contributed by atoms with Gasteiger partial charge in [0.05, 0.1) is 29.9 Å². The van der Waals surface area contributed by atoms with Crippen molar-refractivity contribution in [1.29, 1.82) is 0 Å². The van der Waals surface area contributed by atoms with Crippen LogP contribution in [0, 0.1) is 20.8 Å². The summed E-state index contributed by atoms with van der Waals surface area (Å²) >= 11 is 1.17. The predicted molar refractivity (Wildman–Crippen MR) is 147 cm³/mol. The standard InChI is InChI=1S/C28H26N4O3S2/c1-18-11-13-21(14-12-18)16-32-24-10-5-4-8-22(24)27-25(37(32,34)35)15-29-28(31-27)36-17-26(33)30-23-9-6-7-19(2)20(23)3/h4-15H,16-17H2,1-3H3,(H,30,33). The number of nitrogens with one attached hydrogen (secondary N) is 1. The summed E-state index contributed by atoms with van der Waals surface area (Å²) in [4.78, 5) is 21.5. The maximum Gasteiger partial charge on any atom is 0.268 e. The highest BCUT2D eigenvalue weighted by atomic mass is 32.2. The van der Waals surface area contributed by atoms with Gasteiger partial charge in [-0.05, 0) is 49.6 Å². The molecule has 0 aliphatic carbocycles. The van der Waals surface area contributed by atoms with Crippen LogP contribution in [0.5, 0.6) is 0 Å². The first-order valence-electron chi connectivity index (χ1n) is 11.8. The van der Waals surface area contributed by atoms with Crippen molar-refractivity contribution >= 4 is 39.1 Å². The number of para-hydroxylation sites is 1. The molecule has 0 bridgehead atoms. The Morgan fingerprint density at radius 2 is 1.73 bits per heavy atom. The van der Waals surface area contributed by atoms with Gasteiger partial charge in [0, 0.05) is 11.3 Å². The molecule has 1 aliphatic heterocycles. The minimum Gasteiger partial charge on any atom is -0.325 e. The fourth-order valence-electron chi connectivity index (χ4n) is 4.18. The molecule has 0 atom stereocenters. The summed E-state index contributed by atoms with van der Waals surface area (Å²) in [5, 5.41) is 3.27. The molecule has 37 heavy (non-hydrogen) atoms. The molecular weight excluding hydrogens is 504 g/mol. The lowest BCUT2D eigenvalue weighted by molar-refractivity contribution is -0.113. The fraction of sp³-hybridized carbons (Fsp3) is 0.179. The summed E-state index contributed by atoms with van der Waals surface area (Å²) in [6.07, 6.45) is 1.35. The van der Waals surface area contributed by atoms with E-state index >= 15 is 0 Å². The van der Waals surface area contributed by atoms with Crippen molar-refractivity contribution in [3.8, 4) is 11.3 Å². The molecule has 188 valence electrons. The van der Waals surface area contributed by atoms with Crippen LogP contribution in [0.15, 0.2) is 83.0 Å². The van der Waals surface area contributed by atoms with Crippen LogP contribution in [0.4, 0.5) is 11.4 Å². The molecule has 0 saturated carbocycles. The summed E-state index contributed by atoms with van der Waals surface area (Å²) in [6.45, 7) is 6.15. The van der Waals surface area contributed by atoms with E-state index in [2.05, 4.69) is 15.3 Å². The maximum absolute atomic E-state index is 13.7. The third kappa shape index (κ3) is 4.97. The Kier molecular flexibility index (Phi) is 6.74. The summed E-state index contributed by atoms with van der Waals surface area (Å²) in [5.41, 5.74) is 6.51. The number of aromatic nitrogens is 2. The molecule has 0 radical (unpaired) electrons. The van der Waals surface area contributed by atoms with E-state index in [9.17, 15) is 13.2 Å². The van der Waals surface area contributed by atoms with Crippen molar-refractivity contribution in [3.05, 3.63) is 95.2 Å². The van der Waals surface area contributed by atoms with Crippen LogP contribution in [0.1, 0.15) is 22.3 Å². The third-order valence-electron chi connectivity index (χ3n) is 6.39. The number of amides is 1. The van der Waals surface area contributed by atoms with Gasteiger partial charge in [-0.3, -0.25) is 9.10 Å². The smallest absolute Gasteiger partial charge is 0.268 e. The van der Waals surface area contributed by atoms with Gasteiger partial charge in [0.25, 0.3) is 10.0 Å². The first-order valence-corrected chi connectivity index (χ1v) is 14.2. The summed E-state index contributed by atoms with van der Waals surface area (Å²) in [5.74, 6) is -0.0857. The minimum absolute atomic E-state index is 0.0579. The lowest BCUT2D eigenvalue weighted by Crippen LogP contribution is -2.34. The van der Waals surface area contributed by atoms with E-state index in [1.807, 2.05) is 81.4 Å². The zero-order chi connectivity index (χ0) is 26.2. The SMILES string of the molecule is Cc1ccc(CN2c3ccccc3-c3nc(SCC(=O)Nc4cccc(C)c4C)ncc3S2(=O)=O)cc1. The minimum atomic E-state index is -3.88. The highest BCUT2D eigenvalue weighted by molar-refractivity contribution is 7.99. The van der Waals surface area contributed by atoms with E-state index in [1.54, 1.807) is 6.07 Å². The average molecular weight is 531 g/mol. The van der Waals surface area contributed by atoms with Crippen molar-refractivity contribution in [2.75, 3.05) is 15.4 Å².